The summed E-state index contributed by atoms with van der Waals surface area (Å²) in [6.07, 6.45) is 0.870. The van der Waals surface area contributed by atoms with Crippen LogP contribution >= 0.6 is 0 Å². The van der Waals surface area contributed by atoms with E-state index in [1.807, 2.05) is 0 Å². The van der Waals surface area contributed by atoms with Gasteiger partial charge < -0.3 is 15.5 Å². The molecule has 102 valence electrons. The van der Waals surface area contributed by atoms with Crippen molar-refractivity contribution in [3.05, 3.63) is 41.7 Å². The van der Waals surface area contributed by atoms with Gasteiger partial charge in [0.05, 0.1) is 0 Å². The molecule has 3 N–H and O–H groups in total. The average Bonchev–Trinajstić information content (AvgIpc) is 2.37. The van der Waals surface area contributed by atoms with Gasteiger partial charge in [-0.3, -0.25) is 4.79 Å². The Kier molecular flexibility index (Phi) is 5.69. The van der Waals surface area contributed by atoms with Gasteiger partial charge in [0.2, 0.25) is 5.91 Å². The molecule has 5 nitrogen and oxygen atoms in total. The molecule has 1 amide bonds. The summed E-state index contributed by atoms with van der Waals surface area (Å²) in [5.41, 5.74) is 0.281. The van der Waals surface area contributed by atoms with Crippen LogP contribution in [0, 0.1) is 5.82 Å². The lowest BCUT2D eigenvalue weighted by molar-refractivity contribution is -0.147. The fourth-order valence-electron chi connectivity index (χ4n) is 1.29. The number of aliphatic carboxylic acids is 1. The van der Waals surface area contributed by atoms with Crippen molar-refractivity contribution in [1.82, 2.24) is 5.32 Å². The Hall–Kier alpha value is -2.21. The Balaban J connectivity index is 2.40. The highest BCUT2D eigenvalue weighted by Crippen LogP contribution is 2.07. The van der Waals surface area contributed by atoms with Gasteiger partial charge in [0.15, 0.2) is 6.10 Å². The van der Waals surface area contributed by atoms with Crippen molar-refractivity contribution in [2.45, 2.75) is 12.5 Å². The third-order valence-electron chi connectivity index (χ3n) is 2.32. The third kappa shape index (κ3) is 5.31. The van der Waals surface area contributed by atoms with Gasteiger partial charge in [-0.2, -0.15) is 0 Å². The Morgan fingerprint density at radius 2 is 2.05 bits per heavy atom. The zero-order chi connectivity index (χ0) is 14.3. The number of carbonyl (C=O) groups excluding carboxylic acids is 1. The summed E-state index contributed by atoms with van der Waals surface area (Å²) in [5, 5.41) is 19.8. The topological polar surface area (TPSA) is 86.6 Å². The molecule has 1 aromatic carbocycles. The number of hydrogen-bond donors (Lipinski definition) is 3. The van der Waals surface area contributed by atoms with Crippen LogP contribution in [0.5, 0.6) is 0 Å². The van der Waals surface area contributed by atoms with Gasteiger partial charge in [-0.15, -0.1) is 0 Å². The fraction of sp³-hybridized carbons (Fsp3) is 0.231. The van der Waals surface area contributed by atoms with Crippen molar-refractivity contribution in [2.75, 3.05) is 6.54 Å². The number of amides is 1. The molecule has 0 radical (unpaired) electrons. The van der Waals surface area contributed by atoms with Crippen LogP contribution in [0.2, 0.25) is 0 Å². The van der Waals surface area contributed by atoms with E-state index < -0.39 is 23.8 Å². The van der Waals surface area contributed by atoms with Gasteiger partial charge in [0, 0.05) is 24.6 Å². The first-order chi connectivity index (χ1) is 9.00. The summed E-state index contributed by atoms with van der Waals surface area (Å²) < 4.78 is 13.2. The first-order valence-electron chi connectivity index (χ1n) is 5.62. The second kappa shape index (κ2) is 7.27. The van der Waals surface area contributed by atoms with Gasteiger partial charge >= 0.3 is 5.97 Å². The molecule has 0 aliphatic heterocycles. The molecule has 0 aliphatic carbocycles. The Morgan fingerprint density at radius 3 is 2.68 bits per heavy atom. The van der Waals surface area contributed by atoms with Crippen molar-refractivity contribution >= 4 is 18.0 Å². The molecule has 0 aliphatic rings. The molecule has 19 heavy (non-hydrogen) atoms. The van der Waals surface area contributed by atoms with Gasteiger partial charge in [0.25, 0.3) is 0 Å². The van der Waals surface area contributed by atoms with E-state index in [1.54, 1.807) is 12.1 Å². The van der Waals surface area contributed by atoms with Crippen molar-refractivity contribution in [3.8, 4) is 0 Å². The second-order valence-corrected chi connectivity index (χ2v) is 3.79. The van der Waals surface area contributed by atoms with Crippen LogP contribution in [0.1, 0.15) is 12.0 Å². The van der Waals surface area contributed by atoms with E-state index in [0.717, 1.165) is 6.08 Å². The van der Waals surface area contributed by atoms with Crippen LogP contribution in [-0.2, 0) is 9.59 Å². The summed E-state index contributed by atoms with van der Waals surface area (Å²) in [6.45, 7) is 0.0217. The summed E-state index contributed by atoms with van der Waals surface area (Å²) in [7, 11) is 0. The Bertz CT molecular complexity index is 487. The summed E-state index contributed by atoms with van der Waals surface area (Å²) >= 11 is 0. The molecule has 0 heterocycles. The Morgan fingerprint density at radius 1 is 1.37 bits per heavy atom. The average molecular weight is 267 g/mol. The molecule has 1 aromatic rings. The molecule has 0 saturated carbocycles. The maximum atomic E-state index is 13.2. The lowest BCUT2D eigenvalue weighted by atomic mass is 10.2. The molecule has 0 bridgehead atoms. The largest absolute Gasteiger partial charge is 0.479 e. The van der Waals surface area contributed by atoms with Crippen LogP contribution in [-0.4, -0.2) is 34.7 Å². The second-order valence-electron chi connectivity index (χ2n) is 3.79. The van der Waals surface area contributed by atoms with Crippen LogP contribution in [0.3, 0.4) is 0 Å². The van der Waals surface area contributed by atoms with E-state index in [4.69, 9.17) is 10.2 Å². The molecule has 0 aromatic heterocycles. The minimum Gasteiger partial charge on any atom is -0.479 e. The number of hydrogen-bond acceptors (Lipinski definition) is 3. The SMILES string of the molecule is O=C(/C=C/c1ccccc1F)NCC[C@H](O)C(=O)O. The maximum absolute atomic E-state index is 13.2. The van der Waals surface area contributed by atoms with Crippen molar-refractivity contribution in [1.29, 1.82) is 0 Å². The van der Waals surface area contributed by atoms with Gasteiger partial charge in [-0.1, -0.05) is 18.2 Å². The number of carboxylic acid groups (broad SMARTS) is 1. The van der Waals surface area contributed by atoms with Crippen LogP contribution in [0.4, 0.5) is 4.39 Å². The monoisotopic (exact) mass is 267 g/mol. The predicted molar refractivity (Wildman–Crippen MR) is 66.7 cm³/mol. The predicted octanol–water partition coefficient (Wildman–Crippen LogP) is 0.791. The summed E-state index contributed by atoms with van der Waals surface area (Å²) in [4.78, 5) is 21.6. The number of rotatable bonds is 6. The molecule has 1 rings (SSSR count). The standard InChI is InChI=1S/C13H14FNO4/c14-10-4-2-1-3-9(10)5-6-12(17)15-8-7-11(16)13(18)19/h1-6,11,16H,7-8H2,(H,15,17)(H,18,19)/b6-5+/t11-/m0/s1. The number of nitrogens with one attached hydrogen (secondary N) is 1. The third-order valence-corrected chi connectivity index (χ3v) is 2.32. The van der Waals surface area contributed by atoms with E-state index >= 15 is 0 Å². The van der Waals surface area contributed by atoms with E-state index in [9.17, 15) is 14.0 Å². The number of carboxylic acids is 1. The number of aliphatic hydroxyl groups excluding tert-OH is 1. The quantitative estimate of drug-likeness (QED) is 0.665. The molecular formula is C13H14FNO4. The summed E-state index contributed by atoms with van der Waals surface area (Å²) in [6, 6.07) is 5.98. The molecule has 0 fully saturated rings. The van der Waals surface area contributed by atoms with Gasteiger partial charge in [-0.25, -0.2) is 9.18 Å². The lowest BCUT2D eigenvalue weighted by Gasteiger charge is -2.05. The normalized spacial score (nSPS) is 12.3. The van der Waals surface area contributed by atoms with E-state index in [-0.39, 0.29) is 18.5 Å². The molecule has 0 saturated heterocycles. The highest BCUT2D eigenvalue weighted by molar-refractivity contribution is 5.91. The number of aliphatic hydroxyl groups is 1. The number of halogens is 1. The number of carbonyl (C=O) groups is 2. The van der Waals surface area contributed by atoms with E-state index in [0.29, 0.717) is 0 Å². The molecule has 1 atom stereocenters. The number of benzene rings is 1. The highest BCUT2D eigenvalue weighted by Gasteiger charge is 2.12. The minimum atomic E-state index is -1.50. The zero-order valence-corrected chi connectivity index (χ0v) is 10.0. The lowest BCUT2D eigenvalue weighted by Crippen LogP contribution is -2.28. The zero-order valence-electron chi connectivity index (χ0n) is 10.0. The van der Waals surface area contributed by atoms with Gasteiger partial charge in [0.1, 0.15) is 5.82 Å². The maximum Gasteiger partial charge on any atom is 0.332 e. The molecule has 0 unspecified atom stereocenters. The van der Waals surface area contributed by atoms with Crippen LogP contribution in [0.25, 0.3) is 6.08 Å². The molecule has 6 heteroatoms. The molecule has 0 spiro atoms. The Labute approximate surface area is 109 Å². The van der Waals surface area contributed by atoms with Crippen molar-refractivity contribution < 1.29 is 24.2 Å². The van der Waals surface area contributed by atoms with E-state index in [2.05, 4.69) is 5.32 Å². The van der Waals surface area contributed by atoms with E-state index in [1.165, 1.54) is 18.2 Å². The molecular weight excluding hydrogens is 253 g/mol. The first-order valence-corrected chi connectivity index (χ1v) is 5.62. The summed E-state index contributed by atoms with van der Waals surface area (Å²) in [5.74, 6) is -2.26. The highest BCUT2D eigenvalue weighted by atomic mass is 19.1. The fourth-order valence-corrected chi connectivity index (χ4v) is 1.29. The van der Waals surface area contributed by atoms with Gasteiger partial charge in [-0.05, 0) is 12.1 Å². The van der Waals surface area contributed by atoms with Crippen molar-refractivity contribution in [2.24, 2.45) is 0 Å². The smallest absolute Gasteiger partial charge is 0.332 e. The van der Waals surface area contributed by atoms with Crippen LogP contribution < -0.4 is 5.32 Å². The van der Waals surface area contributed by atoms with Crippen LogP contribution in [0.15, 0.2) is 30.3 Å². The first kappa shape index (κ1) is 14.8. The van der Waals surface area contributed by atoms with Crippen molar-refractivity contribution in [3.63, 3.8) is 0 Å². The minimum absolute atomic E-state index is 0.0217.